The Morgan fingerprint density at radius 1 is 1.18 bits per heavy atom. The van der Waals surface area contributed by atoms with E-state index in [-0.39, 0.29) is 5.75 Å². The first-order chi connectivity index (χ1) is 8.06. The fourth-order valence-corrected chi connectivity index (χ4v) is 2.39. The van der Waals surface area contributed by atoms with Gasteiger partial charge in [-0.3, -0.25) is 9.97 Å². The normalized spacial score (nSPS) is 11.4. The molecule has 0 aliphatic carbocycles. The van der Waals surface area contributed by atoms with Crippen LogP contribution in [0, 0.1) is 0 Å². The van der Waals surface area contributed by atoms with Gasteiger partial charge in [0.05, 0.1) is 11.4 Å². The van der Waals surface area contributed by atoms with Crippen LogP contribution < -0.4 is 0 Å². The molecule has 2 aromatic rings. The fraction of sp³-hybridized carbons (Fsp3) is 0.167. The van der Waals surface area contributed by atoms with Crippen molar-refractivity contribution >= 4 is 9.84 Å². The third kappa shape index (κ3) is 3.10. The molecule has 0 fully saturated rings. The first-order valence-electron chi connectivity index (χ1n) is 5.08. The van der Waals surface area contributed by atoms with Crippen molar-refractivity contribution in [1.29, 1.82) is 0 Å². The molecule has 4 nitrogen and oxygen atoms in total. The summed E-state index contributed by atoms with van der Waals surface area (Å²) in [7, 11) is -3.08. The van der Waals surface area contributed by atoms with E-state index in [9.17, 15) is 8.42 Å². The summed E-state index contributed by atoms with van der Waals surface area (Å²) in [5.74, 6) is -0.0211. The minimum atomic E-state index is -3.08. The molecule has 0 saturated heterocycles. The van der Waals surface area contributed by atoms with Crippen molar-refractivity contribution in [3.63, 3.8) is 0 Å². The Morgan fingerprint density at radius 2 is 2.00 bits per heavy atom. The van der Waals surface area contributed by atoms with Gasteiger partial charge in [0.1, 0.15) is 0 Å². The highest BCUT2D eigenvalue weighted by molar-refractivity contribution is 7.89. The quantitative estimate of drug-likeness (QED) is 0.829. The monoisotopic (exact) mass is 248 g/mol. The van der Waals surface area contributed by atoms with E-state index in [2.05, 4.69) is 9.97 Å². The van der Waals surface area contributed by atoms with E-state index in [1.54, 1.807) is 24.7 Å². The van der Waals surface area contributed by atoms with E-state index in [4.69, 9.17) is 0 Å². The minimum absolute atomic E-state index is 0.0211. The van der Waals surface area contributed by atoms with E-state index in [0.29, 0.717) is 5.56 Å². The van der Waals surface area contributed by atoms with Gasteiger partial charge in [0.2, 0.25) is 0 Å². The highest BCUT2D eigenvalue weighted by atomic mass is 32.2. The van der Waals surface area contributed by atoms with Crippen LogP contribution in [-0.4, -0.2) is 24.6 Å². The number of hydrogen-bond donors (Lipinski definition) is 0. The summed E-state index contributed by atoms with van der Waals surface area (Å²) in [5.41, 5.74) is 2.24. The zero-order chi connectivity index (χ0) is 12.3. The van der Waals surface area contributed by atoms with Crippen molar-refractivity contribution in [1.82, 2.24) is 9.97 Å². The average molecular weight is 248 g/mol. The lowest BCUT2D eigenvalue weighted by molar-refractivity contribution is 0.601. The highest BCUT2D eigenvalue weighted by Crippen LogP contribution is 2.21. The summed E-state index contributed by atoms with van der Waals surface area (Å²) in [6.45, 7) is 0. The summed E-state index contributed by atoms with van der Waals surface area (Å²) in [4.78, 5) is 8.18. The molecule has 0 bridgehead atoms. The molecule has 0 spiro atoms. The summed E-state index contributed by atoms with van der Waals surface area (Å²) in [6.07, 6.45) is 6.10. The number of sulfone groups is 1. The van der Waals surface area contributed by atoms with Crippen LogP contribution in [0.4, 0.5) is 0 Å². The molecule has 2 heterocycles. The Bertz CT molecular complexity index is 609. The van der Waals surface area contributed by atoms with Gasteiger partial charge in [0.25, 0.3) is 0 Å². The summed E-state index contributed by atoms with van der Waals surface area (Å²) >= 11 is 0. The van der Waals surface area contributed by atoms with Gasteiger partial charge in [-0.05, 0) is 23.8 Å². The van der Waals surface area contributed by atoms with E-state index in [0.717, 1.165) is 11.3 Å². The second-order valence-corrected chi connectivity index (χ2v) is 5.96. The molecule has 88 valence electrons. The molecule has 2 rings (SSSR count). The second kappa shape index (κ2) is 4.63. The largest absolute Gasteiger partial charge is 0.264 e. The van der Waals surface area contributed by atoms with Crippen molar-refractivity contribution in [2.45, 2.75) is 5.75 Å². The molecule has 0 aliphatic heterocycles. The van der Waals surface area contributed by atoms with Gasteiger partial charge in [-0.25, -0.2) is 8.42 Å². The van der Waals surface area contributed by atoms with Crippen molar-refractivity contribution in [2.75, 3.05) is 6.26 Å². The van der Waals surface area contributed by atoms with Gasteiger partial charge in [0.15, 0.2) is 9.84 Å². The van der Waals surface area contributed by atoms with Gasteiger partial charge in [0, 0.05) is 30.4 Å². The van der Waals surface area contributed by atoms with Gasteiger partial charge >= 0.3 is 0 Å². The average Bonchev–Trinajstić information content (AvgIpc) is 2.29. The van der Waals surface area contributed by atoms with Crippen molar-refractivity contribution in [3.05, 3.63) is 48.4 Å². The van der Waals surface area contributed by atoms with Crippen molar-refractivity contribution in [2.24, 2.45) is 0 Å². The summed E-state index contributed by atoms with van der Waals surface area (Å²) in [5, 5.41) is 0. The zero-order valence-electron chi connectivity index (χ0n) is 9.37. The molecule has 2 aromatic heterocycles. The lowest BCUT2D eigenvalue weighted by Crippen LogP contribution is -2.03. The number of rotatable bonds is 3. The maximum Gasteiger partial charge on any atom is 0.151 e. The first kappa shape index (κ1) is 11.7. The SMILES string of the molecule is CS(=O)(=O)Cc1cnccc1-c1ccccn1. The van der Waals surface area contributed by atoms with Crippen LogP contribution in [0.15, 0.2) is 42.9 Å². The summed E-state index contributed by atoms with van der Waals surface area (Å²) in [6, 6.07) is 7.32. The standard InChI is InChI=1S/C12H12N2O2S/c1-17(15,16)9-10-8-13-7-5-11(10)12-4-2-3-6-14-12/h2-8H,9H2,1H3. The predicted molar refractivity (Wildman–Crippen MR) is 66.0 cm³/mol. The Balaban J connectivity index is 2.49. The van der Waals surface area contributed by atoms with Crippen LogP contribution in [0.2, 0.25) is 0 Å². The van der Waals surface area contributed by atoms with E-state index < -0.39 is 9.84 Å². The van der Waals surface area contributed by atoms with E-state index >= 15 is 0 Å². The molecular formula is C12H12N2O2S. The van der Waals surface area contributed by atoms with Crippen LogP contribution in [0.1, 0.15) is 5.56 Å². The topological polar surface area (TPSA) is 59.9 Å². The maximum atomic E-state index is 11.3. The van der Waals surface area contributed by atoms with Crippen molar-refractivity contribution < 1.29 is 8.42 Å². The van der Waals surface area contributed by atoms with Gasteiger partial charge in [-0.2, -0.15) is 0 Å². The number of pyridine rings is 2. The van der Waals surface area contributed by atoms with Crippen molar-refractivity contribution in [3.8, 4) is 11.3 Å². The Hall–Kier alpha value is -1.75. The fourth-order valence-electron chi connectivity index (χ4n) is 1.60. The molecule has 17 heavy (non-hydrogen) atoms. The van der Waals surface area contributed by atoms with Crippen LogP contribution in [0.25, 0.3) is 11.3 Å². The maximum absolute atomic E-state index is 11.3. The lowest BCUT2D eigenvalue weighted by atomic mass is 10.1. The van der Waals surface area contributed by atoms with E-state index in [1.807, 2.05) is 18.2 Å². The molecule has 0 atom stereocenters. The molecule has 5 heteroatoms. The lowest BCUT2D eigenvalue weighted by Gasteiger charge is -2.06. The van der Waals surface area contributed by atoms with Gasteiger partial charge < -0.3 is 0 Å². The molecular weight excluding hydrogens is 236 g/mol. The highest BCUT2D eigenvalue weighted by Gasteiger charge is 2.11. The molecule has 0 aromatic carbocycles. The number of nitrogens with zero attached hydrogens (tertiary/aromatic N) is 2. The molecule has 0 radical (unpaired) electrons. The molecule has 0 unspecified atom stereocenters. The van der Waals surface area contributed by atoms with E-state index in [1.165, 1.54) is 6.26 Å². The summed E-state index contributed by atoms with van der Waals surface area (Å²) < 4.78 is 22.7. The molecule has 0 saturated carbocycles. The number of hydrogen-bond acceptors (Lipinski definition) is 4. The third-order valence-electron chi connectivity index (χ3n) is 2.26. The number of aromatic nitrogens is 2. The molecule has 0 amide bonds. The molecule has 0 aliphatic rings. The van der Waals surface area contributed by atoms with Crippen LogP contribution in [0.3, 0.4) is 0 Å². The molecule has 0 N–H and O–H groups in total. The second-order valence-electron chi connectivity index (χ2n) is 3.82. The smallest absolute Gasteiger partial charge is 0.151 e. The van der Waals surface area contributed by atoms with Gasteiger partial charge in [-0.15, -0.1) is 0 Å². The van der Waals surface area contributed by atoms with Crippen LogP contribution >= 0.6 is 0 Å². The zero-order valence-corrected chi connectivity index (χ0v) is 10.2. The first-order valence-corrected chi connectivity index (χ1v) is 7.14. The Kier molecular flexibility index (Phi) is 3.19. The Labute approximate surface area is 100 Å². The van der Waals surface area contributed by atoms with Crippen LogP contribution in [-0.2, 0) is 15.6 Å². The Morgan fingerprint density at radius 3 is 2.65 bits per heavy atom. The predicted octanol–water partition coefficient (Wildman–Crippen LogP) is 1.69. The van der Waals surface area contributed by atoms with Gasteiger partial charge in [-0.1, -0.05) is 6.07 Å². The van der Waals surface area contributed by atoms with Crippen LogP contribution in [0.5, 0.6) is 0 Å². The third-order valence-corrected chi connectivity index (χ3v) is 3.10. The minimum Gasteiger partial charge on any atom is -0.264 e.